The lowest BCUT2D eigenvalue weighted by Gasteiger charge is -2.67. The highest BCUT2D eigenvalue weighted by Gasteiger charge is 2.67. The summed E-state index contributed by atoms with van der Waals surface area (Å²) in [4.78, 5) is 40.4. The van der Waals surface area contributed by atoms with Crippen LogP contribution in [0.1, 0.15) is 45.1 Å². The van der Waals surface area contributed by atoms with Gasteiger partial charge in [-0.25, -0.2) is 4.98 Å². The summed E-state index contributed by atoms with van der Waals surface area (Å²) in [5.41, 5.74) is 1.82. The van der Waals surface area contributed by atoms with E-state index < -0.39 is 5.41 Å². The molecule has 0 radical (unpaired) electrons. The van der Waals surface area contributed by atoms with Crippen molar-refractivity contribution in [3.63, 3.8) is 0 Å². The highest BCUT2D eigenvalue weighted by atomic mass is 16.2. The molecule has 188 valence electrons. The molecule has 3 atom stereocenters. The largest absolute Gasteiger partial charge is 0.368 e. The first-order valence-electron chi connectivity index (χ1n) is 13.2. The van der Waals surface area contributed by atoms with Gasteiger partial charge in [0.2, 0.25) is 17.8 Å². The predicted octanol–water partition coefficient (Wildman–Crippen LogP) is 2.35. The number of hydrogen-bond donors (Lipinski definition) is 3. The molecule has 6 aliphatic rings. The molecule has 2 bridgehead atoms. The maximum Gasteiger partial charge on any atom is 0.244 e. The van der Waals surface area contributed by atoms with Crippen LogP contribution in [0.25, 0.3) is 0 Å². The summed E-state index contributed by atoms with van der Waals surface area (Å²) >= 11 is 0. The van der Waals surface area contributed by atoms with Gasteiger partial charge in [-0.15, -0.1) is 0 Å². The van der Waals surface area contributed by atoms with Gasteiger partial charge in [0.15, 0.2) is 0 Å². The van der Waals surface area contributed by atoms with Crippen LogP contribution in [0.15, 0.2) is 30.5 Å². The quantitative estimate of drug-likeness (QED) is 0.569. The maximum absolute atomic E-state index is 13.9. The van der Waals surface area contributed by atoms with E-state index in [0.717, 1.165) is 43.6 Å². The van der Waals surface area contributed by atoms with Gasteiger partial charge in [0, 0.05) is 61.3 Å². The third kappa shape index (κ3) is 3.18. The number of aromatic nitrogens is 2. The van der Waals surface area contributed by atoms with Crippen LogP contribution in [0, 0.1) is 11.3 Å². The number of amides is 2. The van der Waals surface area contributed by atoms with Crippen LogP contribution >= 0.6 is 0 Å². The Morgan fingerprint density at radius 3 is 2.39 bits per heavy atom. The summed E-state index contributed by atoms with van der Waals surface area (Å²) in [6, 6.07) is 9.28. The second-order valence-electron chi connectivity index (χ2n) is 11.7. The normalized spacial score (nSPS) is 34.7. The zero-order valence-corrected chi connectivity index (χ0v) is 20.9. The molecule has 1 spiro atoms. The SMILES string of the molecule is CC1CN(c2ccc(Nc3ncc4c(n3)N(C35CC(C3)C5)C(=O)[C@]3(CCNC3=O)C4)cc2)CC(C)N1. The van der Waals surface area contributed by atoms with Crippen LogP contribution in [0.3, 0.4) is 0 Å². The van der Waals surface area contributed by atoms with Crippen LogP contribution in [0.4, 0.5) is 23.1 Å². The fourth-order valence-corrected chi connectivity index (χ4v) is 7.10. The topological polar surface area (TPSA) is 102 Å². The molecule has 1 aromatic carbocycles. The van der Waals surface area contributed by atoms with Crippen LogP contribution in [0.5, 0.6) is 0 Å². The number of rotatable bonds is 4. The first-order chi connectivity index (χ1) is 17.3. The van der Waals surface area contributed by atoms with Gasteiger partial charge < -0.3 is 20.9 Å². The minimum Gasteiger partial charge on any atom is -0.368 e. The number of carbonyl (C=O) groups is 2. The van der Waals surface area contributed by atoms with Crippen molar-refractivity contribution in [1.29, 1.82) is 0 Å². The summed E-state index contributed by atoms with van der Waals surface area (Å²) in [7, 11) is 0. The molecule has 3 aliphatic heterocycles. The summed E-state index contributed by atoms with van der Waals surface area (Å²) < 4.78 is 0. The van der Waals surface area contributed by atoms with Crippen molar-refractivity contribution >= 4 is 35.0 Å². The Morgan fingerprint density at radius 1 is 1.06 bits per heavy atom. The summed E-state index contributed by atoms with van der Waals surface area (Å²) in [6.07, 6.45) is 5.74. The van der Waals surface area contributed by atoms with Gasteiger partial charge in [0.1, 0.15) is 11.2 Å². The second-order valence-corrected chi connectivity index (χ2v) is 11.7. The van der Waals surface area contributed by atoms with Crippen molar-refractivity contribution in [3.05, 3.63) is 36.0 Å². The Morgan fingerprint density at radius 2 is 1.78 bits per heavy atom. The Kier molecular flexibility index (Phi) is 4.68. The van der Waals surface area contributed by atoms with E-state index >= 15 is 0 Å². The average Bonchev–Trinajstić information content (AvgIpc) is 3.15. The van der Waals surface area contributed by atoms with Crippen molar-refractivity contribution in [2.75, 3.05) is 34.8 Å². The number of nitrogens with one attached hydrogen (secondary N) is 3. The Hall–Kier alpha value is -3.20. The highest BCUT2D eigenvalue weighted by Crippen LogP contribution is 2.63. The molecule has 4 heterocycles. The monoisotopic (exact) mass is 487 g/mol. The van der Waals surface area contributed by atoms with E-state index in [0.29, 0.717) is 49.2 Å². The molecule has 5 fully saturated rings. The van der Waals surface area contributed by atoms with Gasteiger partial charge >= 0.3 is 0 Å². The number of fused-ring (bicyclic) bond motifs is 1. The number of anilines is 4. The highest BCUT2D eigenvalue weighted by molar-refractivity contribution is 6.15. The first-order valence-corrected chi connectivity index (χ1v) is 13.2. The van der Waals surface area contributed by atoms with Crippen LogP contribution in [-0.4, -0.2) is 59.0 Å². The molecule has 3 aliphatic carbocycles. The molecule has 8 rings (SSSR count). The van der Waals surface area contributed by atoms with Gasteiger partial charge in [0.25, 0.3) is 0 Å². The second kappa shape index (κ2) is 7.65. The minimum atomic E-state index is -1.00. The third-order valence-electron chi connectivity index (χ3n) is 8.96. The Balaban J connectivity index is 1.16. The summed E-state index contributed by atoms with van der Waals surface area (Å²) in [6.45, 7) is 6.95. The van der Waals surface area contributed by atoms with Gasteiger partial charge in [-0.05, 0) is 69.7 Å². The molecule has 1 aromatic heterocycles. The molecule has 2 saturated heterocycles. The standard InChI is InChI=1S/C27H33N7O2/c1-16-14-33(15-17(2)30-16)21-5-3-20(4-6-21)31-25-29-13-19-12-27(7-8-28-23(27)35)24(36)34(22(19)32-25)26-9-18(10-26)11-26/h3-6,13,16-18,30H,7-12,14-15H2,1-2H3,(H,28,35)(H,29,31,32)/t16?,17?,18?,26?,27-/m1/s1. The number of nitrogens with zero attached hydrogens (tertiary/aromatic N) is 4. The van der Waals surface area contributed by atoms with E-state index in [1.54, 1.807) is 6.20 Å². The van der Waals surface area contributed by atoms with E-state index in [4.69, 9.17) is 4.98 Å². The third-order valence-corrected chi connectivity index (χ3v) is 8.96. The molecule has 3 saturated carbocycles. The van der Waals surface area contributed by atoms with Gasteiger partial charge in [-0.1, -0.05) is 0 Å². The van der Waals surface area contributed by atoms with Gasteiger partial charge in [0.05, 0.1) is 5.54 Å². The molecular formula is C27H33N7O2. The number of carbonyl (C=O) groups excluding carboxylic acids is 2. The molecule has 3 N–H and O–H groups in total. The number of benzene rings is 1. The maximum atomic E-state index is 13.9. The summed E-state index contributed by atoms with van der Waals surface area (Å²) in [5.74, 6) is 1.64. The lowest BCUT2D eigenvalue weighted by Crippen LogP contribution is -2.73. The zero-order chi connectivity index (χ0) is 24.7. The van der Waals surface area contributed by atoms with Crippen molar-refractivity contribution in [2.24, 2.45) is 11.3 Å². The van der Waals surface area contributed by atoms with Crippen molar-refractivity contribution in [1.82, 2.24) is 20.6 Å². The lowest BCUT2D eigenvalue weighted by atomic mass is 9.48. The molecule has 2 aromatic rings. The van der Waals surface area contributed by atoms with E-state index in [2.05, 4.69) is 63.9 Å². The van der Waals surface area contributed by atoms with E-state index in [1.807, 2.05) is 4.90 Å². The fourth-order valence-electron chi connectivity index (χ4n) is 7.10. The van der Waals surface area contributed by atoms with Gasteiger partial charge in [-0.3, -0.25) is 14.5 Å². The van der Waals surface area contributed by atoms with Crippen molar-refractivity contribution in [2.45, 2.75) is 63.6 Å². The molecular weight excluding hydrogens is 454 g/mol. The van der Waals surface area contributed by atoms with Crippen LogP contribution in [-0.2, 0) is 16.0 Å². The molecule has 36 heavy (non-hydrogen) atoms. The Bertz CT molecular complexity index is 1220. The van der Waals surface area contributed by atoms with Gasteiger partial charge in [-0.2, -0.15) is 4.98 Å². The smallest absolute Gasteiger partial charge is 0.244 e. The van der Waals surface area contributed by atoms with E-state index in [9.17, 15) is 9.59 Å². The molecule has 9 heteroatoms. The van der Waals surface area contributed by atoms with E-state index in [-0.39, 0.29) is 17.4 Å². The minimum absolute atomic E-state index is 0.0726. The first kappa shape index (κ1) is 22.0. The fraction of sp³-hybridized carbons (Fsp3) is 0.556. The molecule has 9 nitrogen and oxygen atoms in total. The average molecular weight is 488 g/mol. The van der Waals surface area contributed by atoms with Crippen LogP contribution in [0.2, 0.25) is 0 Å². The van der Waals surface area contributed by atoms with Crippen LogP contribution < -0.4 is 25.8 Å². The summed E-state index contributed by atoms with van der Waals surface area (Å²) in [5, 5.41) is 9.80. The molecule has 2 unspecified atom stereocenters. The molecule has 2 amide bonds. The lowest BCUT2D eigenvalue weighted by molar-refractivity contribution is -0.144. The van der Waals surface area contributed by atoms with Crippen molar-refractivity contribution < 1.29 is 9.59 Å². The van der Waals surface area contributed by atoms with Crippen molar-refractivity contribution in [3.8, 4) is 0 Å². The predicted molar refractivity (Wildman–Crippen MR) is 137 cm³/mol. The zero-order valence-electron chi connectivity index (χ0n) is 20.9. The van der Waals surface area contributed by atoms with E-state index in [1.165, 1.54) is 5.69 Å². The Labute approximate surface area is 211 Å². The number of piperazine rings is 1. The number of hydrogen-bond acceptors (Lipinski definition) is 7.